The smallest absolute Gasteiger partial charge is 0.389 e. The predicted molar refractivity (Wildman–Crippen MR) is 130 cm³/mol. The van der Waals surface area contributed by atoms with Crippen LogP contribution in [0.15, 0.2) is 24.5 Å². The number of alkyl halides is 4. The molecule has 37 heavy (non-hydrogen) atoms. The molecule has 3 heterocycles. The van der Waals surface area contributed by atoms with Gasteiger partial charge in [0.1, 0.15) is 5.67 Å². The van der Waals surface area contributed by atoms with Crippen molar-refractivity contribution >= 4 is 5.91 Å². The monoisotopic (exact) mass is 525 g/mol. The lowest BCUT2D eigenvalue weighted by atomic mass is 9.81. The minimum Gasteiger partial charge on any atom is -0.480 e. The molecule has 0 unspecified atom stereocenters. The third-order valence-corrected chi connectivity index (χ3v) is 7.33. The van der Waals surface area contributed by atoms with Gasteiger partial charge in [0.05, 0.1) is 12.4 Å². The molecule has 0 aromatic carbocycles. The van der Waals surface area contributed by atoms with Gasteiger partial charge in [0, 0.05) is 57.0 Å². The lowest BCUT2D eigenvalue weighted by Crippen LogP contribution is -2.44. The zero-order chi connectivity index (χ0) is 26.5. The highest BCUT2D eigenvalue weighted by molar-refractivity contribution is 5.77. The van der Waals surface area contributed by atoms with Crippen LogP contribution in [-0.2, 0) is 31.1 Å². The molecule has 1 saturated carbocycles. The fourth-order valence-corrected chi connectivity index (χ4v) is 5.09. The second-order valence-electron chi connectivity index (χ2n) is 10.2. The Morgan fingerprint density at radius 3 is 2.68 bits per heavy atom. The van der Waals surface area contributed by atoms with Crippen LogP contribution in [-0.4, -0.2) is 69.7 Å². The van der Waals surface area contributed by atoms with E-state index in [2.05, 4.69) is 20.3 Å². The van der Waals surface area contributed by atoms with E-state index in [0.29, 0.717) is 63.1 Å². The summed E-state index contributed by atoms with van der Waals surface area (Å²) in [5.41, 5.74) is 1.15. The summed E-state index contributed by atoms with van der Waals surface area (Å²) >= 11 is 0. The Hall–Kier alpha value is -2.69. The van der Waals surface area contributed by atoms with E-state index in [4.69, 9.17) is 4.74 Å². The van der Waals surface area contributed by atoms with Gasteiger partial charge in [-0.25, -0.2) is 4.39 Å². The fourth-order valence-electron chi connectivity index (χ4n) is 5.09. The number of aryl methyl sites for hydroxylation is 2. The largest absolute Gasteiger partial charge is 0.480 e. The molecule has 11 heteroatoms. The van der Waals surface area contributed by atoms with E-state index in [1.165, 1.54) is 0 Å². The van der Waals surface area contributed by atoms with Crippen molar-refractivity contribution in [2.24, 2.45) is 7.05 Å². The van der Waals surface area contributed by atoms with Crippen molar-refractivity contribution in [3.05, 3.63) is 41.5 Å². The van der Waals surface area contributed by atoms with Gasteiger partial charge in [-0.15, -0.1) is 0 Å². The first-order valence-corrected chi connectivity index (χ1v) is 12.9. The number of pyridine rings is 1. The Kier molecular flexibility index (Phi) is 8.71. The minimum atomic E-state index is -4.19. The summed E-state index contributed by atoms with van der Waals surface area (Å²) in [4.78, 5) is 18.9. The summed E-state index contributed by atoms with van der Waals surface area (Å²) in [6.07, 6.45) is 1.89. The average Bonchev–Trinajstić information content (AvgIpc) is 3.16. The van der Waals surface area contributed by atoms with Gasteiger partial charge in [0.15, 0.2) is 12.4 Å². The summed E-state index contributed by atoms with van der Waals surface area (Å²) in [7, 11) is 1.77. The van der Waals surface area contributed by atoms with Gasteiger partial charge in [-0.2, -0.15) is 18.3 Å². The number of halogens is 4. The van der Waals surface area contributed by atoms with Crippen LogP contribution < -0.4 is 10.1 Å². The summed E-state index contributed by atoms with van der Waals surface area (Å²) in [5, 5.41) is 6.93. The number of ether oxygens (including phenoxy) is 1. The van der Waals surface area contributed by atoms with E-state index < -0.39 is 18.3 Å². The number of hydrogen-bond acceptors (Lipinski definition) is 5. The first-order valence-electron chi connectivity index (χ1n) is 12.9. The molecule has 2 aromatic heterocycles. The van der Waals surface area contributed by atoms with Crippen molar-refractivity contribution in [1.29, 1.82) is 0 Å². The van der Waals surface area contributed by atoms with Gasteiger partial charge in [0.25, 0.3) is 5.91 Å². The molecule has 204 valence electrons. The molecule has 2 aliphatic rings. The van der Waals surface area contributed by atoms with Crippen LogP contribution >= 0.6 is 0 Å². The molecule has 0 bridgehead atoms. The second kappa shape index (κ2) is 11.8. The van der Waals surface area contributed by atoms with Crippen LogP contribution in [0, 0.1) is 0 Å². The van der Waals surface area contributed by atoms with Crippen molar-refractivity contribution in [1.82, 2.24) is 25.0 Å². The summed E-state index contributed by atoms with van der Waals surface area (Å²) in [6.45, 7) is 2.02. The molecule has 0 atom stereocenters. The zero-order valence-corrected chi connectivity index (χ0v) is 21.2. The topological polar surface area (TPSA) is 72.3 Å². The van der Waals surface area contributed by atoms with Crippen LogP contribution in [0.5, 0.6) is 5.75 Å². The molecule has 4 rings (SSSR count). The molecule has 1 amide bonds. The predicted octanol–water partition coefficient (Wildman–Crippen LogP) is 3.95. The van der Waals surface area contributed by atoms with E-state index in [1.54, 1.807) is 30.2 Å². The highest BCUT2D eigenvalue weighted by Crippen LogP contribution is 2.35. The maximum Gasteiger partial charge on any atom is 0.389 e. The number of nitrogens with zero attached hydrogens (tertiary/aromatic N) is 4. The number of hydrogen-bond donors (Lipinski definition) is 1. The van der Waals surface area contributed by atoms with Gasteiger partial charge in [-0.3, -0.25) is 14.5 Å². The van der Waals surface area contributed by atoms with Crippen molar-refractivity contribution in [3.8, 4) is 5.75 Å². The van der Waals surface area contributed by atoms with Crippen LogP contribution in [0.1, 0.15) is 55.5 Å². The number of carbonyl (C=O) groups is 1. The van der Waals surface area contributed by atoms with Gasteiger partial charge in [-0.05, 0) is 56.6 Å². The van der Waals surface area contributed by atoms with E-state index >= 15 is 4.39 Å². The molecule has 0 radical (unpaired) electrons. The first kappa shape index (κ1) is 27.3. The van der Waals surface area contributed by atoms with Gasteiger partial charge < -0.3 is 15.0 Å². The fraction of sp³-hybridized carbons (Fsp3) is 0.654. The average molecular weight is 526 g/mol. The van der Waals surface area contributed by atoms with E-state index in [-0.39, 0.29) is 25.0 Å². The SMILES string of the molecule is Cn1cc(OCC(=O)N[C@H]2CC[C@](F)(CCN3CCc4ccc(CCC(F)(F)F)nc4CC3)CC2)cn1. The summed E-state index contributed by atoms with van der Waals surface area (Å²) < 4.78 is 60.2. The zero-order valence-electron chi connectivity index (χ0n) is 21.2. The quantitative estimate of drug-likeness (QED) is 0.502. The number of amides is 1. The minimum absolute atomic E-state index is 0.0563. The molecular formula is C26H35F4N5O2. The van der Waals surface area contributed by atoms with Crippen molar-refractivity contribution in [2.45, 2.75) is 75.7 Å². The van der Waals surface area contributed by atoms with Crippen LogP contribution in [0.2, 0.25) is 0 Å². The Labute approximate surface area is 214 Å². The number of rotatable bonds is 9. The van der Waals surface area contributed by atoms with Crippen LogP contribution in [0.3, 0.4) is 0 Å². The number of carbonyl (C=O) groups excluding carboxylic acids is 1. The highest BCUT2D eigenvalue weighted by atomic mass is 19.4. The van der Waals surface area contributed by atoms with Crippen LogP contribution in [0.4, 0.5) is 17.6 Å². The molecular weight excluding hydrogens is 490 g/mol. The second-order valence-corrected chi connectivity index (χ2v) is 10.2. The molecule has 1 aliphatic carbocycles. The lowest BCUT2D eigenvalue weighted by Gasteiger charge is -2.35. The highest BCUT2D eigenvalue weighted by Gasteiger charge is 2.36. The van der Waals surface area contributed by atoms with Crippen molar-refractivity contribution in [3.63, 3.8) is 0 Å². The molecule has 1 aliphatic heterocycles. The summed E-state index contributed by atoms with van der Waals surface area (Å²) in [5.74, 6) is 0.304. The summed E-state index contributed by atoms with van der Waals surface area (Å²) in [6, 6.07) is 3.53. The number of fused-ring (bicyclic) bond motifs is 1. The standard InChI is InChI=1S/C26H35F4N5O2/c1-34-17-22(16-31-34)37-18-24(36)33-21-4-9-25(27,10-5-21)12-15-35-13-7-19-2-3-20(6-11-26(28,29)30)32-23(19)8-14-35/h2-3,16-17,21H,4-15,18H2,1H3,(H,33,36)/t21-,25+. The molecule has 0 saturated heterocycles. The van der Waals surface area contributed by atoms with E-state index in [0.717, 1.165) is 24.2 Å². The van der Waals surface area contributed by atoms with Crippen molar-refractivity contribution < 1.29 is 27.1 Å². The Balaban J connectivity index is 1.17. The molecule has 0 spiro atoms. The third-order valence-electron chi connectivity index (χ3n) is 7.33. The molecule has 1 N–H and O–H groups in total. The Morgan fingerprint density at radius 2 is 1.97 bits per heavy atom. The molecule has 2 aromatic rings. The first-order chi connectivity index (χ1) is 17.6. The number of aromatic nitrogens is 3. The van der Waals surface area contributed by atoms with Gasteiger partial charge >= 0.3 is 6.18 Å². The Bertz CT molecular complexity index is 1050. The molecule has 7 nitrogen and oxygen atoms in total. The number of nitrogens with one attached hydrogen (secondary N) is 1. The maximum absolute atomic E-state index is 15.5. The van der Waals surface area contributed by atoms with Gasteiger partial charge in [0.2, 0.25) is 0 Å². The maximum atomic E-state index is 15.5. The van der Waals surface area contributed by atoms with Crippen LogP contribution in [0.25, 0.3) is 0 Å². The molecule has 1 fully saturated rings. The van der Waals surface area contributed by atoms with E-state index in [9.17, 15) is 18.0 Å². The Morgan fingerprint density at radius 1 is 1.22 bits per heavy atom. The third kappa shape index (κ3) is 8.41. The van der Waals surface area contributed by atoms with E-state index in [1.807, 2.05) is 6.07 Å². The normalized spacial score (nSPS) is 22.8. The lowest BCUT2D eigenvalue weighted by molar-refractivity contribution is -0.134. The van der Waals surface area contributed by atoms with Gasteiger partial charge in [-0.1, -0.05) is 6.07 Å². The van der Waals surface area contributed by atoms with Crippen molar-refractivity contribution in [2.75, 3.05) is 26.2 Å².